The third kappa shape index (κ3) is 3.49. The van der Waals surface area contributed by atoms with E-state index in [9.17, 15) is 0 Å². The molecule has 0 aromatic heterocycles. The van der Waals surface area contributed by atoms with Gasteiger partial charge in [-0.1, -0.05) is 31.6 Å². The van der Waals surface area contributed by atoms with E-state index < -0.39 is 0 Å². The molecule has 0 aliphatic rings. The smallest absolute Gasteiger partial charge is 0.0260 e. The van der Waals surface area contributed by atoms with Crippen molar-refractivity contribution in [3.63, 3.8) is 0 Å². The molecule has 0 heterocycles. The van der Waals surface area contributed by atoms with Gasteiger partial charge in [-0.3, -0.25) is 0 Å². The second-order valence-corrected chi connectivity index (χ2v) is 2.85. The normalized spacial score (nSPS) is 12.2. The van der Waals surface area contributed by atoms with Crippen molar-refractivity contribution in [2.45, 2.75) is 33.6 Å². The quantitative estimate of drug-likeness (QED) is 0.521. The highest BCUT2D eigenvalue weighted by Crippen LogP contribution is 2.15. The number of hydrogen-bond donors (Lipinski definition) is 0. The maximum Gasteiger partial charge on any atom is -0.0260 e. The van der Waals surface area contributed by atoms with E-state index >= 15 is 0 Å². The third-order valence-corrected chi connectivity index (χ3v) is 1.75. The first-order valence-corrected chi connectivity index (χ1v) is 3.98. The van der Waals surface area contributed by atoms with Crippen LogP contribution in [0.5, 0.6) is 0 Å². The van der Waals surface area contributed by atoms with Gasteiger partial charge in [0, 0.05) is 0 Å². The van der Waals surface area contributed by atoms with Gasteiger partial charge in [0.25, 0.3) is 0 Å². The second-order valence-electron chi connectivity index (χ2n) is 2.85. The van der Waals surface area contributed by atoms with Crippen molar-refractivity contribution in [1.29, 1.82) is 0 Å². The fourth-order valence-corrected chi connectivity index (χ4v) is 1.04. The van der Waals surface area contributed by atoms with Gasteiger partial charge in [-0.25, -0.2) is 0 Å². The maximum atomic E-state index is 3.70. The summed E-state index contributed by atoms with van der Waals surface area (Å²) < 4.78 is 0. The number of rotatable bonds is 4. The third-order valence-electron chi connectivity index (χ3n) is 1.75. The van der Waals surface area contributed by atoms with E-state index in [0.29, 0.717) is 5.92 Å². The van der Waals surface area contributed by atoms with Crippen LogP contribution in [0.3, 0.4) is 0 Å². The number of hydrogen-bond acceptors (Lipinski definition) is 0. The zero-order valence-electron chi connectivity index (χ0n) is 7.35. The average molecular weight is 138 g/mol. The van der Waals surface area contributed by atoms with Gasteiger partial charge in [0.1, 0.15) is 0 Å². The molecule has 0 N–H and O–H groups in total. The Morgan fingerprint density at radius 3 is 2.40 bits per heavy atom. The van der Waals surface area contributed by atoms with Crippen LogP contribution in [0.1, 0.15) is 33.6 Å². The van der Waals surface area contributed by atoms with E-state index in [1.165, 1.54) is 6.42 Å². The Morgan fingerprint density at radius 1 is 1.50 bits per heavy atom. The SMILES string of the molecule is C=CCC/C(=C\C)C(C)C. The van der Waals surface area contributed by atoms with E-state index in [4.69, 9.17) is 0 Å². The van der Waals surface area contributed by atoms with Gasteiger partial charge in [0.15, 0.2) is 0 Å². The molecule has 0 unspecified atom stereocenters. The molecule has 0 radical (unpaired) electrons. The Balaban J connectivity index is 3.73. The Morgan fingerprint density at radius 2 is 2.10 bits per heavy atom. The lowest BCUT2D eigenvalue weighted by molar-refractivity contribution is 0.713. The van der Waals surface area contributed by atoms with Gasteiger partial charge in [-0.2, -0.15) is 0 Å². The average Bonchev–Trinajstić information content (AvgIpc) is 1.89. The van der Waals surface area contributed by atoms with Crippen LogP contribution in [0.25, 0.3) is 0 Å². The summed E-state index contributed by atoms with van der Waals surface area (Å²) >= 11 is 0. The van der Waals surface area contributed by atoms with E-state index in [1.807, 2.05) is 6.08 Å². The van der Waals surface area contributed by atoms with E-state index in [0.717, 1.165) is 6.42 Å². The molecule has 0 aliphatic carbocycles. The standard InChI is InChI=1S/C10H18/c1-5-7-8-10(6-2)9(3)4/h5-6,9H,1,7-8H2,2-4H3/b10-6+. The molecule has 0 saturated heterocycles. The molecule has 0 rings (SSSR count). The number of allylic oxidation sites excluding steroid dienone is 3. The van der Waals surface area contributed by atoms with Crippen molar-refractivity contribution in [2.75, 3.05) is 0 Å². The molecule has 0 aromatic carbocycles. The Labute approximate surface area is 64.6 Å². The van der Waals surface area contributed by atoms with Crippen molar-refractivity contribution in [2.24, 2.45) is 5.92 Å². The highest BCUT2D eigenvalue weighted by Gasteiger charge is 1.98. The summed E-state index contributed by atoms with van der Waals surface area (Å²) in [5.41, 5.74) is 1.54. The molecule has 0 nitrogen and oxygen atoms in total. The first-order valence-electron chi connectivity index (χ1n) is 3.98. The minimum atomic E-state index is 0.699. The van der Waals surface area contributed by atoms with Crippen LogP contribution in [0, 0.1) is 5.92 Å². The second kappa shape index (κ2) is 5.28. The fraction of sp³-hybridized carbons (Fsp3) is 0.600. The maximum absolute atomic E-state index is 3.70. The zero-order valence-corrected chi connectivity index (χ0v) is 7.35. The van der Waals surface area contributed by atoms with E-state index in [-0.39, 0.29) is 0 Å². The molecular formula is C10H18. The summed E-state index contributed by atoms with van der Waals surface area (Å²) in [7, 11) is 0. The van der Waals surface area contributed by atoms with Crippen LogP contribution >= 0.6 is 0 Å². The molecule has 0 atom stereocenters. The monoisotopic (exact) mass is 138 g/mol. The van der Waals surface area contributed by atoms with Crippen LogP contribution in [0.15, 0.2) is 24.3 Å². The fourth-order valence-electron chi connectivity index (χ4n) is 1.04. The largest absolute Gasteiger partial charge is 0.103 e. The zero-order chi connectivity index (χ0) is 7.98. The lowest BCUT2D eigenvalue weighted by Gasteiger charge is -2.08. The van der Waals surface area contributed by atoms with Crippen LogP contribution < -0.4 is 0 Å². The molecule has 0 saturated carbocycles. The van der Waals surface area contributed by atoms with E-state index in [2.05, 4.69) is 33.4 Å². The molecular weight excluding hydrogens is 120 g/mol. The lowest BCUT2D eigenvalue weighted by atomic mass is 9.98. The summed E-state index contributed by atoms with van der Waals surface area (Å²) in [4.78, 5) is 0. The molecule has 0 aromatic rings. The van der Waals surface area contributed by atoms with Gasteiger partial charge in [0.2, 0.25) is 0 Å². The lowest BCUT2D eigenvalue weighted by Crippen LogP contribution is -1.92. The predicted octanol–water partition coefficient (Wildman–Crippen LogP) is 3.55. The van der Waals surface area contributed by atoms with Gasteiger partial charge in [-0.05, 0) is 25.7 Å². The van der Waals surface area contributed by atoms with Gasteiger partial charge in [0.05, 0.1) is 0 Å². The van der Waals surface area contributed by atoms with Crippen LogP contribution in [-0.2, 0) is 0 Å². The van der Waals surface area contributed by atoms with Crippen molar-refractivity contribution < 1.29 is 0 Å². The molecule has 10 heavy (non-hydrogen) atoms. The van der Waals surface area contributed by atoms with Crippen molar-refractivity contribution in [1.82, 2.24) is 0 Å². The summed E-state index contributed by atoms with van der Waals surface area (Å²) in [6.07, 6.45) is 6.48. The summed E-state index contributed by atoms with van der Waals surface area (Å²) in [6, 6.07) is 0. The molecule has 0 amide bonds. The van der Waals surface area contributed by atoms with Gasteiger partial charge >= 0.3 is 0 Å². The van der Waals surface area contributed by atoms with Gasteiger partial charge in [-0.15, -0.1) is 6.58 Å². The summed E-state index contributed by atoms with van der Waals surface area (Å²) in [5.74, 6) is 0.699. The van der Waals surface area contributed by atoms with Crippen molar-refractivity contribution in [3.8, 4) is 0 Å². The summed E-state index contributed by atoms with van der Waals surface area (Å²) in [5, 5.41) is 0. The summed E-state index contributed by atoms with van der Waals surface area (Å²) in [6.45, 7) is 10.3. The first-order chi connectivity index (χ1) is 4.72. The van der Waals surface area contributed by atoms with Crippen LogP contribution in [0.4, 0.5) is 0 Å². The van der Waals surface area contributed by atoms with Crippen molar-refractivity contribution in [3.05, 3.63) is 24.3 Å². The van der Waals surface area contributed by atoms with Crippen molar-refractivity contribution >= 4 is 0 Å². The molecule has 0 bridgehead atoms. The van der Waals surface area contributed by atoms with Crippen LogP contribution in [-0.4, -0.2) is 0 Å². The molecule has 0 aliphatic heterocycles. The molecule has 0 fully saturated rings. The Hall–Kier alpha value is -0.520. The van der Waals surface area contributed by atoms with E-state index in [1.54, 1.807) is 5.57 Å². The Bertz CT molecular complexity index is 118. The minimum Gasteiger partial charge on any atom is -0.103 e. The Kier molecular flexibility index (Phi) is 5.00. The highest BCUT2D eigenvalue weighted by atomic mass is 14.0. The predicted molar refractivity (Wildman–Crippen MR) is 48.0 cm³/mol. The molecule has 0 heteroatoms. The first kappa shape index (κ1) is 9.48. The minimum absolute atomic E-state index is 0.699. The molecule has 58 valence electrons. The van der Waals surface area contributed by atoms with Gasteiger partial charge < -0.3 is 0 Å². The highest BCUT2D eigenvalue weighted by molar-refractivity contribution is 5.03. The topological polar surface area (TPSA) is 0 Å². The van der Waals surface area contributed by atoms with Crippen LogP contribution in [0.2, 0.25) is 0 Å². The molecule has 0 spiro atoms.